The van der Waals surface area contributed by atoms with E-state index in [1.54, 1.807) is 11.3 Å². The minimum absolute atomic E-state index is 0.650. The highest BCUT2D eigenvalue weighted by molar-refractivity contribution is 7.09. The van der Waals surface area contributed by atoms with Gasteiger partial charge in [0.25, 0.3) is 0 Å². The van der Waals surface area contributed by atoms with Crippen molar-refractivity contribution in [2.24, 2.45) is 11.8 Å². The molecule has 2 heterocycles. The Morgan fingerprint density at radius 2 is 2.14 bits per heavy atom. The summed E-state index contributed by atoms with van der Waals surface area (Å²) >= 11 is 1.77. The third kappa shape index (κ3) is 5.04. The Morgan fingerprint density at radius 1 is 1.38 bits per heavy atom. The predicted octanol–water partition coefficient (Wildman–Crippen LogP) is 3.34. The van der Waals surface area contributed by atoms with Crippen LogP contribution in [0.3, 0.4) is 0 Å². The minimum atomic E-state index is 0.650. The summed E-state index contributed by atoms with van der Waals surface area (Å²) in [4.78, 5) is 7.31. The molecule has 4 heteroatoms. The molecule has 1 aliphatic rings. The number of rotatable bonds is 6. The van der Waals surface area contributed by atoms with Crippen molar-refractivity contribution < 1.29 is 0 Å². The van der Waals surface area contributed by atoms with Crippen LogP contribution in [-0.4, -0.2) is 41.6 Å². The van der Waals surface area contributed by atoms with Crippen LogP contribution in [0.15, 0.2) is 5.38 Å². The molecule has 3 nitrogen and oxygen atoms in total. The molecule has 0 saturated carbocycles. The molecule has 0 radical (unpaired) electrons. The normalized spacial score (nSPS) is 24.1. The molecule has 0 aromatic carbocycles. The first-order valence-corrected chi connectivity index (χ1v) is 9.22. The van der Waals surface area contributed by atoms with E-state index in [0.717, 1.165) is 25.4 Å². The number of thiazole rings is 1. The number of hydrogen-bond donors (Lipinski definition) is 1. The van der Waals surface area contributed by atoms with E-state index in [-0.39, 0.29) is 0 Å². The van der Waals surface area contributed by atoms with Gasteiger partial charge in [-0.15, -0.1) is 11.3 Å². The van der Waals surface area contributed by atoms with Gasteiger partial charge in [0.15, 0.2) is 0 Å². The Kier molecular flexibility index (Phi) is 6.20. The number of piperazine rings is 1. The zero-order valence-electron chi connectivity index (χ0n) is 14.2. The second kappa shape index (κ2) is 7.70. The van der Waals surface area contributed by atoms with Crippen LogP contribution in [0.4, 0.5) is 0 Å². The van der Waals surface area contributed by atoms with Gasteiger partial charge in [0.2, 0.25) is 0 Å². The maximum Gasteiger partial charge on any atom is 0.0897 e. The van der Waals surface area contributed by atoms with Gasteiger partial charge in [-0.2, -0.15) is 0 Å². The monoisotopic (exact) mass is 309 g/mol. The third-order valence-corrected chi connectivity index (χ3v) is 5.21. The van der Waals surface area contributed by atoms with E-state index in [1.807, 2.05) is 0 Å². The fourth-order valence-corrected chi connectivity index (χ4v) is 3.97. The SMILES string of the molecule is Cc1nc(CCN2CC(CC(C)C)NCC2C(C)C)cs1. The molecule has 1 aliphatic heterocycles. The Morgan fingerprint density at radius 3 is 2.71 bits per heavy atom. The molecule has 1 fully saturated rings. The molecule has 21 heavy (non-hydrogen) atoms. The maximum atomic E-state index is 4.61. The highest BCUT2D eigenvalue weighted by Crippen LogP contribution is 2.19. The largest absolute Gasteiger partial charge is 0.311 e. The molecule has 0 spiro atoms. The molecule has 1 saturated heterocycles. The zero-order chi connectivity index (χ0) is 15.4. The first-order chi connectivity index (χ1) is 9.95. The van der Waals surface area contributed by atoms with Crippen LogP contribution in [0.25, 0.3) is 0 Å². The van der Waals surface area contributed by atoms with Gasteiger partial charge in [0, 0.05) is 43.5 Å². The Balaban J connectivity index is 1.93. The third-order valence-electron chi connectivity index (χ3n) is 4.39. The number of aryl methyl sites for hydroxylation is 1. The summed E-state index contributed by atoms with van der Waals surface area (Å²) in [7, 11) is 0. The lowest BCUT2D eigenvalue weighted by atomic mass is 9.94. The molecule has 1 aromatic rings. The standard InChI is InChI=1S/C17H31N3S/c1-12(2)8-16-10-20(17(9-18-16)13(3)4)7-6-15-11-21-14(5)19-15/h11-13,16-18H,6-10H2,1-5H3. The number of nitrogens with one attached hydrogen (secondary N) is 1. The molecular formula is C17H31N3S. The molecule has 0 aliphatic carbocycles. The van der Waals surface area contributed by atoms with Gasteiger partial charge in [-0.25, -0.2) is 4.98 Å². The number of hydrogen-bond acceptors (Lipinski definition) is 4. The van der Waals surface area contributed by atoms with E-state index in [1.165, 1.54) is 23.7 Å². The summed E-state index contributed by atoms with van der Waals surface area (Å²) in [5.74, 6) is 1.47. The van der Waals surface area contributed by atoms with Crippen LogP contribution in [0.1, 0.15) is 44.8 Å². The van der Waals surface area contributed by atoms with E-state index < -0.39 is 0 Å². The summed E-state index contributed by atoms with van der Waals surface area (Å²) in [6.07, 6.45) is 2.36. The van der Waals surface area contributed by atoms with Crippen molar-refractivity contribution in [1.29, 1.82) is 0 Å². The lowest BCUT2D eigenvalue weighted by molar-refractivity contribution is 0.0932. The molecular weight excluding hydrogens is 278 g/mol. The van der Waals surface area contributed by atoms with Gasteiger partial charge >= 0.3 is 0 Å². The molecule has 2 atom stereocenters. The molecule has 0 amide bonds. The maximum absolute atomic E-state index is 4.61. The van der Waals surface area contributed by atoms with Crippen LogP contribution >= 0.6 is 11.3 Å². The lowest BCUT2D eigenvalue weighted by Crippen LogP contribution is -2.58. The summed E-state index contributed by atoms with van der Waals surface area (Å²) in [6, 6.07) is 1.31. The molecule has 120 valence electrons. The van der Waals surface area contributed by atoms with Gasteiger partial charge in [-0.3, -0.25) is 4.90 Å². The average molecular weight is 310 g/mol. The van der Waals surface area contributed by atoms with Gasteiger partial charge in [-0.1, -0.05) is 27.7 Å². The van der Waals surface area contributed by atoms with Gasteiger partial charge in [0.05, 0.1) is 10.7 Å². The summed E-state index contributed by atoms with van der Waals surface area (Å²) in [5.41, 5.74) is 1.26. The van der Waals surface area contributed by atoms with Crippen molar-refractivity contribution in [3.63, 3.8) is 0 Å². The molecule has 1 N–H and O–H groups in total. The van der Waals surface area contributed by atoms with Crippen molar-refractivity contribution in [3.05, 3.63) is 16.1 Å². The molecule has 0 bridgehead atoms. The minimum Gasteiger partial charge on any atom is -0.311 e. The second-order valence-electron chi connectivity index (χ2n) is 7.15. The summed E-state index contributed by atoms with van der Waals surface area (Å²) < 4.78 is 0. The van der Waals surface area contributed by atoms with E-state index in [2.05, 4.69) is 55.2 Å². The Bertz CT molecular complexity index is 427. The fourth-order valence-electron chi connectivity index (χ4n) is 3.32. The second-order valence-corrected chi connectivity index (χ2v) is 8.21. The van der Waals surface area contributed by atoms with Crippen molar-refractivity contribution in [3.8, 4) is 0 Å². The van der Waals surface area contributed by atoms with Crippen LogP contribution in [0.5, 0.6) is 0 Å². The first-order valence-electron chi connectivity index (χ1n) is 8.34. The molecule has 1 aromatic heterocycles. The average Bonchev–Trinajstić information content (AvgIpc) is 2.81. The van der Waals surface area contributed by atoms with E-state index in [4.69, 9.17) is 0 Å². The highest BCUT2D eigenvalue weighted by atomic mass is 32.1. The lowest BCUT2D eigenvalue weighted by Gasteiger charge is -2.43. The van der Waals surface area contributed by atoms with E-state index in [0.29, 0.717) is 18.0 Å². The van der Waals surface area contributed by atoms with E-state index in [9.17, 15) is 0 Å². The highest BCUT2D eigenvalue weighted by Gasteiger charge is 2.29. The van der Waals surface area contributed by atoms with E-state index >= 15 is 0 Å². The fraction of sp³-hybridized carbons (Fsp3) is 0.824. The Labute approximate surface area is 134 Å². The van der Waals surface area contributed by atoms with Crippen molar-refractivity contribution in [2.45, 2.75) is 59.5 Å². The first kappa shape index (κ1) is 16.9. The van der Waals surface area contributed by atoms with Crippen molar-refractivity contribution >= 4 is 11.3 Å². The van der Waals surface area contributed by atoms with Crippen molar-refractivity contribution in [2.75, 3.05) is 19.6 Å². The van der Waals surface area contributed by atoms with Gasteiger partial charge in [0.1, 0.15) is 0 Å². The number of aromatic nitrogens is 1. The topological polar surface area (TPSA) is 28.2 Å². The van der Waals surface area contributed by atoms with Crippen LogP contribution < -0.4 is 5.32 Å². The smallest absolute Gasteiger partial charge is 0.0897 e. The van der Waals surface area contributed by atoms with Gasteiger partial charge in [-0.05, 0) is 25.2 Å². The predicted molar refractivity (Wildman–Crippen MR) is 92.0 cm³/mol. The van der Waals surface area contributed by atoms with Crippen molar-refractivity contribution in [1.82, 2.24) is 15.2 Å². The number of nitrogens with zero attached hydrogens (tertiary/aromatic N) is 2. The van der Waals surface area contributed by atoms with Crippen LogP contribution in [0.2, 0.25) is 0 Å². The van der Waals surface area contributed by atoms with Gasteiger partial charge < -0.3 is 5.32 Å². The quantitative estimate of drug-likeness (QED) is 0.873. The zero-order valence-corrected chi connectivity index (χ0v) is 15.0. The molecule has 2 unspecified atom stereocenters. The van der Waals surface area contributed by atoms with Crippen LogP contribution in [0, 0.1) is 18.8 Å². The van der Waals surface area contributed by atoms with Crippen LogP contribution in [-0.2, 0) is 6.42 Å². The summed E-state index contributed by atoms with van der Waals surface area (Å²) in [5, 5.41) is 7.16. The molecule has 2 rings (SSSR count). The Hall–Kier alpha value is -0.450. The summed E-state index contributed by atoms with van der Waals surface area (Å²) in [6.45, 7) is 14.9.